The summed E-state index contributed by atoms with van der Waals surface area (Å²) in [5.41, 5.74) is 11.6. The highest BCUT2D eigenvalue weighted by atomic mass is 15.3. The topological polar surface area (TPSA) is 48.8 Å². The lowest BCUT2D eigenvalue weighted by molar-refractivity contribution is 0.493. The molecule has 0 aromatic carbocycles. The van der Waals surface area contributed by atoms with Crippen LogP contribution in [0.4, 0.5) is 0 Å². The minimum atomic E-state index is 0.232. The zero-order valence-electron chi connectivity index (χ0n) is 11.8. The van der Waals surface area contributed by atoms with Crippen LogP contribution in [0, 0.1) is 13.8 Å². The van der Waals surface area contributed by atoms with Gasteiger partial charge in [-0.15, -0.1) is 0 Å². The van der Waals surface area contributed by atoms with Crippen molar-refractivity contribution in [3.05, 3.63) is 41.0 Å². The average molecular weight is 258 g/mol. The number of rotatable bonds is 3. The number of aromatic nitrogens is 3. The van der Waals surface area contributed by atoms with Crippen LogP contribution in [0.25, 0.3) is 0 Å². The summed E-state index contributed by atoms with van der Waals surface area (Å²) in [4.78, 5) is 0. The van der Waals surface area contributed by atoms with Crippen molar-refractivity contribution < 1.29 is 0 Å². The molecule has 2 heterocycles. The van der Waals surface area contributed by atoms with Gasteiger partial charge >= 0.3 is 0 Å². The van der Waals surface area contributed by atoms with Gasteiger partial charge in [-0.3, -0.25) is 4.68 Å². The quantitative estimate of drug-likeness (QED) is 0.918. The lowest BCUT2D eigenvalue weighted by atomic mass is 9.93. The van der Waals surface area contributed by atoms with Crippen LogP contribution >= 0.6 is 0 Å². The number of hydrogen-bond acceptors (Lipinski definition) is 2. The largest absolute Gasteiger partial charge is 0.347 e. The number of hydrogen-bond donors (Lipinski definition) is 1. The third-order valence-corrected chi connectivity index (χ3v) is 4.09. The minimum absolute atomic E-state index is 0.232. The Balaban J connectivity index is 1.81. The predicted octanol–water partition coefficient (Wildman–Crippen LogP) is 2.34. The molecule has 0 spiro atoms. The zero-order chi connectivity index (χ0) is 13.4. The first-order valence-electron chi connectivity index (χ1n) is 7.08. The van der Waals surface area contributed by atoms with Gasteiger partial charge in [0.25, 0.3) is 0 Å². The molecule has 3 rings (SSSR count). The summed E-state index contributed by atoms with van der Waals surface area (Å²) in [6.45, 7) is 6.16. The Morgan fingerprint density at radius 1 is 1.37 bits per heavy atom. The molecule has 102 valence electrons. The van der Waals surface area contributed by atoms with E-state index in [2.05, 4.69) is 35.8 Å². The van der Waals surface area contributed by atoms with Crippen LogP contribution in [-0.2, 0) is 19.5 Å². The Kier molecular flexibility index (Phi) is 3.19. The molecular formula is C15H22N4. The summed E-state index contributed by atoms with van der Waals surface area (Å²) in [5, 5.41) is 4.35. The van der Waals surface area contributed by atoms with Gasteiger partial charge in [-0.25, -0.2) is 0 Å². The van der Waals surface area contributed by atoms with Crippen molar-refractivity contribution in [2.75, 3.05) is 0 Å². The first-order chi connectivity index (χ1) is 9.15. The molecule has 4 nitrogen and oxygen atoms in total. The third-order valence-electron chi connectivity index (χ3n) is 4.09. The van der Waals surface area contributed by atoms with Crippen LogP contribution in [0.3, 0.4) is 0 Å². The molecular weight excluding hydrogens is 236 g/mol. The SMILES string of the molecule is Cc1cnn(CCn2c(C)cc3c2CCCC3N)c1. The molecule has 0 fully saturated rings. The van der Waals surface area contributed by atoms with E-state index < -0.39 is 0 Å². The summed E-state index contributed by atoms with van der Waals surface area (Å²) in [5.74, 6) is 0. The number of nitrogens with zero attached hydrogens (tertiary/aromatic N) is 3. The standard InChI is InChI=1S/C15H22N4/c1-11-9-17-18(10-11)6-7-19-12(2)8-13-14(16)4-3-5-15(13)19/h8-10,14H,3-7,16H2,1-2H3. The highest BCUT2D eigenvalue weighted by molar-refractivity contribution is 5.32. The van der Waals surface area contributed by atoms with E-state index in [4.69, 9.17) is 5.73 Å². The third kappa shape index (κ3) is 2.32. The monoisotopic (exact) mass is 258 g/mol. The fourth-order valence-corrected chi connectivity index (χ4v) is 3.10. The molecule has 0 radical (unpaired) electrons. The minimum Gasteiger partial charge on any atom is -0.347 e. The molecule has 2 N–H and O–H groups in total. The maximum atomic E-state index is 6.21. The molecule has 4 heteroatoms. The van der Waals surface area contributed by atoms with Crippen LogP contribution in [0.1, 0.15) is 41.4 Å². The Morgan fingerprint density at radius 3 is 2.95 bits per heavy atom. The number of fused-ring (bicyclic) bond motifs is 1. The van der Waals surface area contributed by atoms with Crippen LogP contribution in [0.5, 0.6) is 0 Å². The molecule has 0 saturated heterocycles. The van der Waals surface area contributed by atoms with Crippen molar-refractivity contribution in [3.63, 3.8) is 0 Å². The van der Waals surface area contributed by atoms with Crippen molar-refractivity contribution in [2.45, 2.75) is 52.2 Å². The Morgan fingerprint density at radius 2 is 2.21 bits per heavy atom. The van der Waals surface area contributed by atoms with Gasteiger partial charge in [0, 0.05) is 30.2 Å². The first kappa shape index (κ1) is 12.5. The first-order valence-corrected chi connectivity index (χ1v) is 7.08. The zero-order valence-corrected chi connectivity index (χ0v) is 11.8. The van der Waals surface area contributed by atoms with Crippen molar-refractivity contribution in [3.8, 4) is 0 Å². The molecule has 0 bridgehead atoms. The van der Waals surface area contributed by atoms with Gasteiger partial charge in [0.15, 0.2) is 0 Å². The fraction of sp³-hybridized carbons (Fsp3) is 0.533. The summed E-state index contributed by atoms with van der Waals surface area (Å²) < 4.78 is 4.44. The highest BCUT2D eigenvalue weighted by Crippen LogP contribution is 2.30. The molecule has 1 aliphatic rings. The smallest absolute Gasteiger partial charge is 0.0588 e. The number of aryl methyl sites for hydroxylation is 3. The Bertz CT molecular complexity index is 579. The number of nitrogens with two attached hydrogens (primary N) is 1. The van der Waals surface area contributed by atoms with Gasteiger partial charge in [-0.1, -0.05) is 0 Å². The molecule has 2 aromatic rings. The second-order valence-corrected chi connectivity index (χ2v) is 5.62. The predicted molar refractivity (Wildman–Crippen MR) is 76.0 cm³/mol. The molecule has 0 aliphatic heterocycles. The van der Waals surface area contributed by atoms with Crippen LogP contribution in [0.2, 0.25) is 0 Å². The molecule has 0 saturated carbocycles. The van der Waals surface area contributed by atoms with Crippen LogP contribution in [-0.4, -0.2) is 14.3 Å². The normalized spacial score (nSPS) is 18.6. The Hall–Kier alpha value is -1.55. The van der Waals surface area contributed by atoms with Crippen LogP contribution in [0.15, 0.2) is 18.5 Å². The average Bonchev–Trinajstić information content (AvgIpc) is 2.92. The molecule has 1 aliphatic carbocycles. The van der Waals surface area contributed by atoms with Crippen molar-refractivity contribution in [2.24, 2.45) is 5.73 Å². The summed E-state index contributed by atoms with van der Waals surface area (Å²) in [6, 6.07) is 2.50. The van der Waals surface area contributed by atoms with Gasteiger partial charge in [0.05, 0.1) is 12.7 Å². The molecule has 19 heavy (non-hydrogen) atoms. The van der Waals surface area contributed by atoms with Gasteiger partial charge in [-0.05, 0) is 50.3 Å². The van der Waals surface area contributed by atoms with Gasteiger partial charge in [0.1, 0.15) is 0 Å². The summed E-state index contributed by atoms with van der Waals surface area (Å²) in [6.07, 6.45) is 7.49. The van der Waals surface area contributed by atoms with Gasteiger partial charge < -0.3 is 10.3 Å². The molecule has 2 aromatic heterocycles. The van der Waals surface area contributed by atoms with E-state index in [-0.39, 0.29) is 6.04 Å². The molecule has 0 amide bonds. The van der Waals surface area contributed by atoms with Gasteiger partial charge in [-0.2, -0.15) is 5.10 Å². The lowest BCUT2D eigenvalue weighted by Crippen LogP contribution is -2.19. The van der Waals surface area contributed by atoms with E-state index in [1.54, 1.807) is 0 Å². The van der Waals surface area contributed by atoms with E-state index in [1.165, 1.54) is 28.9 Å². The lowest BCUT2D eigenvalue weighted by Gasteiger charge is -2.21. The second-order valence-electron chi connectivity index (χ2n) is 5.62. The maximum absolute atomic E-state index is 6.21. The van der Waals surface area contributed by atoms with Crippen molar-refractivity contribution in [1.29, 1.82) is 0 Å². The van der Waals surface area contributed by atoms with E-state index in [1.807, 2.05) is 10.9 Å². The van der Waals surface area contributed by atoms with E-state index in [0.29, 0.717) is 0 Å². The molecule has 1 unspecified atom stereocenters. The maximum Gasteiger partial charge on any atom is 0.0588 e. The van der Waals surface area contributed by atoms with E-state index in [9.17, 15) is 0 Å². The van der Waals surface area contributed by atoms with E-state index >= 15 is 0 Å². The van der Waals surface area contributed by atoms with Gasteiger partial charge in [0.2, 0.25) is 0 Å². The molecule has 1 atom stereocenters. The fourth-order valence-electron chi connectivity index (χ4n) is 3.10. The van der Waals surface area contributed by atoms with Crippen molar-refractivity contribution in [1.82, 2.24) is 14.3 Å². The highest BCUT2D eigenvalue weighted by Gasteiger charge is 2.21. The second kappa shape index (κ2) is 4.85. The van der Waals surface area contributed by atoms with Crippen LogP contribution < -0.4 is 5.73 Å². The summed E-state index contributed by atoms with van der Waals surface area (Å²) in [7, 11) is 0. The summed E-state index contributed by atoms with van der Waals surface area (Å²) >= 11 is 0. The van der Waals surface area contributed by atoms with Crippen molar-refractivity contribution >= 4 is 0 Å². The van der Waals surface area contributed by atoms with E-state index in [0.717, 1.165) is 25.9 Å². The Labute approximate surface area is 114 Å².